The topological polar surface area (TPSA) is 214 Å². The van der Waals surface area contributed by atoms with E-state index < -0.39 is 42.1 Å². The Labute approximate surface area is 266 Å². The third-order valence-corrected chi connectivity index (χ3v) is 6.50. The van der Waals surface area contributed by atoms with Crippen molar-refractivity contribution in [2.45, 2.75) is 142 Å². The summed E-state index contributed by atoms with van der Waals surface area (Å²) in [6, 6.07) is -2.50. The largest absolute Gasteiger partial charge is 0.490 e. The minimum absolute atomic E-state index is 0.126. The van der Waals surface area contributed by atoms with Gasteiger partial charge in [-0.25, -0.2) is 14.4 Å². The molecule has 0 saturated carbocycles. The van der Waals surface area contributed by atoms with Crippen LogP contribution in [-0.2, 0) is 19.2 Å². The van der Waals surface area contributed by atoms with E-state index in [2.05, 4.69) is 34.3 Å². The first-order chi connectivity index (χ1) is 21.0. The third-order valence-electron chi connectivity index (χ3n) is 6.50. The SMILES string of the molecule is CCCCCCCCCCCCCCNCCCC(=O)NC(C(=O)NC(CC)C(=O)O)C(C)C.NC(N)=O.O=C(O)C(F)(F)F. The average molecular weight is 658 g/mol. The number of carbonyl (C=O) groups is 5. The van der Waals surface area contributed by atoms with Gasteiger partial charge in [0.05, 0.1) is 0 Å². The Kier molecular flexibility index (Phi) is 30.5. The van der Waals surface area contributed by atoms with Crippen LogP contribution < -0.4 is 27.4 Å². The second-order valence-electron chi connectivity index (χ2n) is 11.0. The second kappa shape index (κ2) is 29.6. The highest BCUT2D eigenvalue weighted by molar-refractivity contribution is 5.90. The number of carbonyl (C=O) groups excluding carboxylic acids is 3. The number of nitrogens with one attached hydrogen (secondary N) is 3. The van der Waals surface area contributed by atoms with Gasteiger partial charge in [-0.3, -0.25) is 9.59 Å². The van der Waals surface area contributed by atoms with E-state index in [1.165, 1.54) is 77.0 Å². The number of halogens is 3. The van der Waals surface area contributed by atoms with Crippen molar-refractivity contribution in [3.8, 4) is 0 Å². The van der Waals surface area contributed by atoms with Crippen LogP contribution in [-0.4, -0.2) is 71.3 Å². The molecule has 0 rings (SSSR count). The molecule has 2 atom stereocenters. The van der Waals surface area contributed by atoms with Gasteiger partial charge in [0.1, 0.15) is 12.1 Å². The molecule has 0 aliphatic rings. The summed E-state index contributed by atoms with van der Waals surface area (Å²) in [6.45, 7) is 9.39. The van der Waals surface area contributed by atoms with E-state index in [4.69, 9.17) is 19.8 Å². The summed E-state index contributed by atoms with van der Waals surface area (Å²) in [7, 11) is 0. The summed E-state index contributed by atoms with van der Waals surface area (Å²) in [5, 5.41) is 24.9. The molecule has 0 radical (unpaired) electrons. The molecule has 2 unspecified atom stereocenters. The zero-order valence-electron chi connectivity index (χ0n) is 27.5. The Morgan fingerprint density at radius 3 is 1.47 bits per heavy atom. The number of aliphatic carboxylic acids is 2. The number of alkyl halides is 3. The predicted octanol–water partition coefficient (Wildman–Crippen LogP) is 4.83. The molecule has 0 aliphatic heterocycles. The molecular weight excluding hydrogens is 599 g/mol. The minimum Gasteiger partial charge on any atom is -0.480 e. The molecule has 9 N–H and O–H groups in total. The fourth-order valence-electron chi connectivity index (χ4n) is 3.97. The lowest BCUT2D eigenvalue weighted by Gasteiger charge is -2.23. The van der Waals surface area contributed by atoms with Gasteiger partial charge in [0, 0.05) is 6.42 Å². The zero-order chi connectivity index (χ0) is 35.3. The number of rotatable bonds is 23. The number of carboxylic acids is 2. The van der Waals surface area contributed by atoms with E-state index in [1.807, 2.05) is 13.8 Å². The van der Waals surface area contributed by atoms with Crippen LogP contribution in [0.15, 0.2) is 0 Å². The maximum atomic E-state index is 12.4. The first kappa shape index (κ1) is 46.3. The van der Waals surface area contributed by atoms with Crippen molar-refractivity contribution in [1.29, 1.82) is 0 Å². The van der Waals surface area contributed by atoms with Crippen molar-refractivity contribution in [3.63, 3.8) is 0 Å². The summed E-state index contributed by atoms with van der Waals surface area (Å²) in [4.78, 5) is 53.7. The van der Waals surface area contributed by atoms with Crippen LogP contribution in [0.2, 0.25) is 0 Å². The molecule has 0 aromatic carbocycles. The van der Waals surface area contributed by atoms with Crippen LogP contribution in [0.4, 0.5) is 18.0 Å². The highest BCUT2D eigenvalue weighted by atomic mass is 19.4. The van der Waals surface area contributed by atoms with Gasteiger partial charge >= 0.3 is 24.1 Å². The van der Waals surface area contributed by atoms with Crippen LogP contribution in [0.3, 0.4) is 0 Å². The van der Waals surface area contributed by atoms with Crippen LogP contribution >= 0.6 is 0 Å². The smallest absolute Gasteiger partial charge is 0.480 e. The molecule has 0 bridgehead atoms. The quantitative estimate of drug-likeness (QED) is 0.0754. The van der Waals surface area contributed by atoms with Crippen molar-refractivity contribution in [2.75, 3.05) is 13.1 Å². The van der Waals surface area contributed by atoms with Gasteiger partial charge in [0.2, 0.25) is 11.8 Å². The van der Waals surface area contributed by atoms with Gasteiger partial charge in [0.15, 0.2) is 0 Å². The highest BCUT2D eigenvalue weighted by Gasteiger charge is 2.38. The second-order valence-corrected chi connectivity index (χ2v) is 11.0. The van der Waals surface area contributed by atoms with Gasteiger partial charge in [-0.05, 0) is 38.3 Å². The Morgan fingerprint density at radius 2 is 1.11 bits per heavy atom. The van der Waals surface area contributed by atoms with E-state index in [0.29, 0.717) is 19.3 Å². The van der Waals surface area contributed by atoms with E-state index >= 15 is 0 Å². The van der Waals surface area contributed by atoms with Gasteiger partial charge in [0.25, 0.3) is 0 Å². The molecule has 4 amide bonds. The van der Waals surface area contributed by atoms with Crippen molar-refractivity contribution in [1.82, 2.24) is 16.0 Å². The summed E-state index contributed by atoms with van der Waals surface area (Å²) in [5.74, 6) is -4.57. The number of amides is 4. The number of urea groups is 1. The molecule has 0 fully saturated rings. The normalized spacial score (nSPS) is 12.1. The lowest BCUT2D eigenvalue weighted by Crippen LogP contribution is -2.53. The molecule has 266 valence electrons. The Balaban J connectivity index is -0.00000136. The van der Waals surface area contributed by atoms with Gasteiger partial charge in [-0.1, -0.05) is 98.3 Å². The fourth-order valence-corrected chi connectivity index (χ4v) is 3.97. The number of hydrogen-bond acceptors (Lipinski definition) is 6. The van der Waals surface area contributed by atoms with Crippen LogP contribution in [0.5, 0.6) is 0 Å². The highest BCUT2D eigenvalue weighted by Crippen LogP contribution is 2.13. The van der Waals surface area contributed by atoms with Crippen LogP contribution in [0.25, 0.3) is 0 Å². The molecule has 45 heavy (non-hydrogen) atoms. The van der Waals surface area contributed by atoms with Gasteiger partial charge < -0.3 is 37.6 Å². The lowest BCUT2D eigenvalue weighted by atomic mass is 10.0. The van der Waals surface area contributed by atoms with Crippen LogP contribution in [0, 0.1) is 5.92 Å². The van der Waals surface area contributed by atoms with Crippen molar-refractivity contribution < 1.29 is 47.4 Å². The summed E-state index contributed by atoms with van der Waals surface area (Å²) in [5.41, 5.74) is 8.50. The maximum Gasteiger partial charge on any atom is 0.490 e. The van der Waals surface area contributed by atoms with Crippen molar-refractivity contribution in [2.24, 2.45) is 17.4 Å². The van der Waals surface area contributed by atoms with E-state index in [1.54, 1.807) is 6.92 Å². The Bertz CT molecular complexity index is 811. The Morgan fingerprint density at radius 1 is 0.711 bits per heavy atom. The van der Waals surface area contributed by atoms with E-state index in [9.17, 15) is 27.6 Å². The number of carboxylic acid groups (broad SMARTS) is 2. The van der Waals surface area contributed by atoms with Crippen molar-refractivity contribution >= 4 is 29.8 Å². The molecule has 0 heterocycles. The van der Waals surface area contributed by atoms with Crippen LogP contribution in [0.1, 0.15) is 124 Å². The standard InChI is InChI=1S/C27H53N3O4.C2HF3O2.CH4N2O/c1-5-7-8-9-10-11-12-13-14-15-16-17-20-28-21-18-19-24(31)30-25(22(3)4)26(32)29-23(6-2)27(33)34;3-2(4,5)1(6)7;2-1(3)4/h22-23,25,28H,5-21H2,1-4H3,(H,29,32)(H,30,31)(H,33,34);(H,6,7);(H4,2,3,4). The first-order valence-corrected chi connectivity index (χ1v) is 15.9. The summed E-state index contributed by atoms with van der Waals surface area (Å²) < 4.78 is 31.7. The van der Waals surface area contributed by atoms with E-state index in [0.717, 1.165) is 13.1 Å². The van der Waals surface area contributed by atoms with Crippen molar-refractivity contribution in [3.05, 3.63) is 0 Å². The minimum atomic E-state index is -5.08. The molecule has 0 aliphatic carbocycles. The molecule has 12 nitrogen and oxygen atoms in total. The summed E-state index contributed by atoms with van der Waals surface area (Å²) >= 11 is 0. The number of unbranched alkanes of at least 4 members (excludes halogenated alkanes) is 11. The average Bonchev–Trinajstić information content (AvgIpc) is 2.93. The fraction of sp³-hybridized carbons (Fsp3) is 0.833. The van der Waals surface area contributed by atoms with E-state index in [-0.39, 0.29) is 11.8 Å². The molecular formula is C30H58F3N5O7. The predicted molar refractivity (Wildman–Crippen MR) is 167 cm³/mol. The maximum absolute atomic E-state index is 12.4. The number of hydrogen-bond donors (Lipinski definition) is 7. The molecule has 0 spiro atoms. The van der Waals surface area contributed by atoms with Gasteiger partial charge in [-0.15, -0.1) is 0 Å². The number of nitrogens with two attached hydrogens (primary N) is 2. The molecule has 0 saturated heterocycles. The first-order valence-electron chi connectivity index (χ1n) is 15.9. The van der Waals surface area contributed by atoms with Gasteiger partial charge in [-0.2, -0.15) is 13.2 Å². The summed E-state index contributed by atoms with van der Waals surface area (Å²) in [6.07, 6.45) is 12.4. The Hall–Kier alpha value is -3.10. The molecule has 0 aromatic heterocycles. The zero-order valence-corrected chi connectivity index (χ0v) is 27.5. The third kappa shape index (κ3) is 33.6. The molecule has 0 aromatic rings. The lowest BCUT2D eigenvalue weighted by molar-refractivity contribution is -0.192. The number of primary amides is 2. The monoisotopic (exact) mass is 657 g/mol. The molecule has 15 heteroatoms.